The number of aromatic nitrogens is 1. The highest BCUT2D eigenvalue weighted by Crippen LogP contribution is 2.26. The van der Waals surface area contributed by atoms with Gasteiger partial charge in [-0.05, 0) is 19.1 Å². The maximum atomic E-state index is 12.3. The number of alkyl halides is 3. The molecule has 1 N–H and O–H groups in total. The average molecular weight is 342 g/mol. The van der Waals surface area contributed by atoms with Crippen molar-refractivity contribution in [3.63, 3.8) is 0 Å². The number of aryl methyl sites for hydroxylation is 1. The monoisotopic (exact) mass is 342 g/mol. The fourth-order valence-corrected chi connectivity index (χ4v) is 2.31. The summed E-state index contributed by atoms with van der Waals surface area (Å²) in [7, 11) is 0. The Morgan fingerprint density at radius 3 is 2.78 bits per heavy atom. The van der Waals surface area contributed by atoms with Crippen molar-refractivity contribution in [2.24, 2.45) is 0 Å². The summed E-state index contributed by atoms with van der Waals surface area (Å²) in [6.07, 6.45) is -1.96. The van der Waals surface area contributed by atoms with E-state index in [1.165, 1.54) is 41.7 Å². The SMILES string of the molecule is Cc1nc(/C=C/C(=O)NCc2ccccc2OC(F)(F)F)cs1. The van der Waals surface area contributed by atoms with Gasteiger partial charge in [0.15, 0.2) is 0 Å². The molecule has 2 rings (SSSR count). The predicted octanol–water partition coefficient (Wildman–Crippen LogP) is 3.68. The van der Waals surface area contributed by atoms with Gasteiger partial charge in [0, 0.05) is 23.6 Å². The summed E-state index contributed by atoms with van der Waals surface area (Å²) in [5, 5.41) is 5.18. The van der Waals surface area contributed by atoms with E-state index in [1.807, 2.05) is 6.92 Å². The molecule has 0 bridgehead atoms. The number of hydrogen-bond acceptors (Lipinski definition) is 4. The molecule has 1 aromatic carbocycles. The largest absolute Gasteiger partial charge is 0.573 e. The van der Waals surface area contributed by atoms with E-state index < -0.39 is 12.3 Å². The van der Waals surface area contributed by atoms with Crippen LogP contribution in [0.5, 0.6) is 5.75 Å². The molecule has 0 aliphatic carbocycles. The summed E-state index contributed by atoms with van der Waals surface area (Å²) >= 11 is 1.46. The molecule has 1 aromatic heterocycles. The van der Waals surface area contributed by atoms with Crippen molar-refractivity contribution in [1.29, 1.82) is 0 Å². The zero-order chi connectivity index (χ0) is 16.9. The maximum Gasteiger partial charge on any atom is 0.573 e. The lowest BCUT2D eigenvalue weighted by Crippen LogP contribution is -2.22. The molecule has 0 aliphatic heterocycles. The summed E-state index contributed by atoms with van der Waals surface area (Å²) in [5.74, 6) is -0.767. The van der Waals surface area contributed by atoms with Crippen molar-refractivity contribution < 1.29 is 22.7 Å². The van der Waals surface area contributed by atoms with Crippen LogP contribution < -0.4 is 10.1 Å². The van der Waals surface area contributed by atoms with Gasteiger partial charge in [-0.1, -0.05) is 18.2 Å². The number of para-hydroxylation sites is 1. The van der Waals surface area contributed by atoms with Crippen LogP contribution >= 0.6 is 11.3 Å². The summed E-state index contributed by atoms with van der Waals surface area (Å²) in [6.45, 7) is 1.77. The summed E-state index contributed by atoms with van der Waals surface area (Å²) in [5.41, 5.74) is 0.888. The molecule has 0 unspecified atom stereocenters. The van der Waals surface area contributed by atoms with Gasteiger partial charge in [0.2, 0.25) is 5.91 Å². The standard InChI is InChI=1S/C15H13F3N2O2S/c1-10-20-12(9-23-10)6-7-14(21)19-8-11-4-2-3-5-13(11)22-15(16,17)18/h2-7,9H,8H2,1H3,(H,19,21)/b7-6+. The number of rotatable bonds is 5. The molecule has 122 valence electrons. The molecule has 1 amide bonds. The van der Waals surface area contributed by atoms with Crippen molar-refractivity contribution in [3.8, 4) is 5.75 Å². The molecule has 0 atom stereocenters. The third-order valence-electron chi connectivity index (χ3n) is 2.69. The number of carbonyl (C=O) groups excluding carboxylic acids is 1. The van der Waals surface area contributed by atoms with E-state index in [4.69, 9.17) is 0 Å². The van der Waals surface area contributed by atoms with Gasteiger partial charge in [0.25, 0.3) is 0 Å². The Bertz CT molecular complexity index is 711. The van der Waals surface area contributed by atoms with E-state index in [1.54, 1.807) is 11.4 Å². The quantitative estimate of drug-likeness (QED) is 0.844. The fraction of sp³-hybridized carbons (Fsp3) is 0.200. The van der Waals surface area contributed by atoms with Crippen LogP contribution in [-0.4, -0.2) is 17.3 Å². The van der Waals surface area contributed by atoms with Crippen molar-refractivity contribution in [3.05, 3.63) is 52.0 Å². The lowest BCUT2D eigenvalue weighted by atomic mass is 10.2. The van der Waals surface area contributed by atoms with E-state index >= 15 is 0 Å². The molecule has 8 heteroatoms. The minimum Gasteiger partial charge on any atom is -0.405 e. The first-order valence-electron chi connectivity index (χ1n) is 6.55. The van der Waals surface area contributed by atoms with E-state index in [9.17, 15) is 18.0 Å². The Hall–Kier alpha value is -2.35. The number of halogens is 3. The van der Waals surface area contributed by atoms with Gasteiger partial charge in [-0.25, -0.2) is 4.98 Å². The van der Waals surface area contributed by atoms with Crippen molar-refractivity contribution in [1.82, 2.24) is 10.3 Å². The fourth-order valence-electron chi connectivity index (χ4n) is 1.73. The highest BCUT2D eigenvalue weighted by atomic mass is 32.1. The Labute approximate surface area is 134 Å². The first kappa shape index (κ1) is 17.0. The molecule has 1 heterocycles. The van der Waals surface area contributed by atoms with Crippen LogP contribution in [0.25, 0.3) is 6.08 Å². The van der Waals surface area contributed by atoms with Gasteiger partial charge < -0.3 is 10.1 Å². The van der Waals surface area contributed by atoms with Gasteiger partial charge in [0.1, 0.15) is 5.75 Å². The molecule has 0 radical (unpaired) electrons. The molecular formula is C15H13F3N2O2S. The van der Waals surface area contributed by atoms with Crippen molar-refractivity contribution in [2.75, 3.05) is 0 Å². The topological polar surface area (TPSA) is 51.2 Å². The van der Waals surface area contributed by atoms with E-state index in [2.05, 4.69) is 15.0 Å². The van der Waals surface area contributed by atoms with Crippen LogP contribution in [0, 0.1) is 6.92 Å². The van der Waals surface area contributed by atoms with Gasteiger partial charge >= 0.3 is 6.36 Å². The number of benzene rings is 1. The van der Waals surface area contributed by atoms with Crippen molar-refractivity contribution >= 4 is 23.3 Å². The number of nitrogens with one attached hydrogen (secondary N) is 1. The first-order chi connectivity index (χ1) is 10.8. The lowest BCUT2D eigenvalue weighted by Gasteiger charge is -2.13. The van der Waals surface area contributed by atoms with Crippen LogP contribution in [0.3, 0.4) is 0 Å². The molecule has 0 fully saturated rings. The zero-order valence-electron chi connectivity index (χ0n) is 12.1. The number of carbonyl (C=O) groups is 1. The number of nitrogens with zero attached hydrogens (tertiary/aromatic N) is 1. The summed E-state index contributed by atoms with van der Waals surface area (Å²) in [6, 6.07) is 5.65. The second-order valence-electron chi connectivity index (χ2n) is 4.50. The molecular weight excluding hydrogens is 329 g/mol. The van der Waals surface area contributed by atoms with Crippen molar-refractivity contribution in [2.45, 2.75) is 19.8 Å². The predicted molar refractivity (Wildman–Crippen MR) is 80.9 cm³/mol. The molecule has 0 saturated heterocycles. The molecule has 4 nitrogen and oxygen atoms in total. The zero-order valence-corrected chi connectivity index (χ0v) is 12.9. The van der Waals surface area contributed by atoms with Gasteiger partial charge in [-0.2, -0.15) is 0 Å². The molecule has 23 heavy (non-hydrogen) atoms. The number of hydrogen-bond donors (Lipinski definition) is 1. The minimum absolute atomic E-state index is 0.0779. The van der Waals surface area contributed by atoms with Crippen LogP contribution in [0.2, 0.25) is 0 Å². The van der Waals surface area contributed by atoms with E-state index in [-0.39, 0.29) is 17.9 Å². The van der Waals surface area contributed by atoms with Crippen LogP contribution in [0.1, 0.15) is 16.3 Å². The Morgan fingerprint density at radius 2 is 2.13 bits per heavy atom. The first-order valence-corrected chi connectivity index (χ1v) is 7.43. The Kier molecular flexibility index (Phi) is 5.38. The van der Waals surface area contributed by atoms with E-state index in [0.29, 0.717) is 5.69 Å². The third kappa shape index (κ3) is 5.74. The van der Waals surface area contributed by atoms with E-state index in [0.717, 1.165) is 5.01 Å². The van der Waals surface area contributed by atoms with Gasteiger partial charge in [-0.3, -0.25) is 4.79 Å². The minimum atomic E-state index is -4.78. The number of ether oxygens (including phenoxy) is 1. The molecule has 0 spiro atoms. The average Bonchev–Trinajstić information content (AvgIpc) is 2.88. The molecule has 0 saturated carbocycles. The summed E-state index contributed by atoms with van der Waals surface area (Å²) < 4.78 is 40.8. The maximum absolute atomic E-state index is 12.3. The second kappa shape index (κ2) is 7.28. The van der Waals surface area contributed by atoms with Crippen LogP contribution in [-0.2, 0) is 11.3 Å². The highest BCUT2D eigenvalue weighted by molar-refractivity contribution is 7.09. The Morgan fingerprint density at radius 1 is 1.39 bits per heavy atom. The smallest absolute Gasteiger partial charge is 0.405 e. The Balaban J connectivity index is 1.95. The van der Waals surface area contributed by atoms with Crippen LogP contribution in [0.15, 0.2) is 35.7 Å². The molecule has 2 aromatic rings. The highest BCUT2D eigenvalue weighted by Gasteiger charge is 2.31. The van der Waals surface area contributed by atoms with Gasteiger partial charge in [0.05, 0.1) is 10.7 Å². The van der Waals surface area contributed by atoms with Crippen LogP contribution in [0.4, 0.5) is 13.2 Å². The lowest BCUT2D eigenvalue weighted by molar-refractivity contribution is -0.274. The number of amides is 1. The normalized spacial score (nSPS) is 11.7. The second-order valence-corrected chi connectivity index (χ2v) is 5.56. The third-order valence-corrected chi connectivity index (χ3v) is 3.49. The number of thiazole rings is 1. The summed E-state index contributed by atoms with van der Waals surface area (Å²) in [4.78, 5) is 15.9. The van der Waals surface area contributed by atoms with Gasteiger partial charge in [-0.15, -0.1) is 24.5 Å². The molecule has 0 aliphatic rings.